The third-order valence-electron chi connectivity index (χ3n) is 6.75. The molecule has 4 nitrogen and oxygen atoms in total. The van der Waals surface area contributed by atoms with Crippen LogP contribution in [-0.2, 0) is 4.74 Å². The predicted octanol–water partition coefficient (Wildman–Crippen LogP) is 2.64. The van der Waals surface area contributed by atoms with E-state index in [1.54, 1.807) is 12.1 Å². The summed E-state index contributed by atoms with van der Waals surface area (Å²) in [6.07, 6.45) is 6.63. The first-order chi connectivity index (χ1) is 12.8. The van der Waals surface area contributed by atoms with Crippen LogP contribution in [-0.4, -0.2) is 61.9 Å². The lowest BCUT2D eigenvalue weighted by molar-refractivity contribution is -0.0581. The van der Waals surface area contributed by atoms with Crippen LogP contribution in [0.5, 0.6) is 0 Å². The van der Waals surface area contributed by atoms with Crippen molar-refractivity contribution in [3.05, 3.63) is 30.1 Å². The molecule has 0 unspecified atom stereocenters. The van der Waals surface area contributed by atoms with Gasteiger partial charge in [0.25, 0.3) is 0 Å². The van der Waals surface area contributed by atoms with Crippen LogP contribution in [0.3, 0.4) is 0 Å². The minimum atomic E-state index is -0.100. The van der Waals surface area contributed by atoms with Crippen LogP contribution in [0.25, 0.3) is 0 Å². The van der Waals surface area contributed by atoms with E-state index in [1.165, 1.54) is 25.8 Å². The number of morpholine rings is 1. The van der Waals surface area contributed by atoms with E-state index >= 15 is 0 Å². The summed E-state index contributed by atoms with van der Waals surface area (Å²) in [5.74, 6) is 0.738. The van der Waals surface area contributed by atoms with Gasteiger partial charge in [-0.2, -0.15) is 0 Å². The summed E-state index contributed by atoms with van der Waals surface area (Å²) in [5, 5.41) is 3.90. The molecule has 1 saturated carbocycles. The van der Waals surface area contributed by atoms with Crippen molar-refractivity contribution in [1.29, 1.82) is 0 Å². The largest absolute Gasteiger partial charge is 0.375 e. The molecule has 4 fully saturated rings. The van der Waals surface area contributed by atoms with E-state index in [4.69, 9.17) is 4.74 Å². The number of para-hydroxylation sites is 1. The molecule has 142 valence electrons. The number of piperidine rings is 1. The van der Waals surface area contributed by atoms with Crippen molar-refractivity contribution >= 4 is 5.69 Å². The van der Waals surface area contributed by atoms with Gasteiger partial charge in [-0.15, -0.1) is 0 Å². The summed E-state index contributed by atoms with van der Waals surface area (Å²) in [4.78, 5) is 4.86. The monoisotopic (exact) mass is 359 g/mol. The standard InChI is InChI=1S/C21H30FN3O/c22-19-3-1-2-4-20(19)24-9-7-16(8-10-24)23-17-11-18-14-26-21(15-5-6-15)13-25(18)12-17/h1-4,15-18,21,23H,5-14H2/t17-,18-,21+/m0/s1. The molecule has 5 heteroatoms. The number of benzene rings is 1. The second-order valence-corrected chi connectivity index (χ2v) is 8.63. The maximum atomic E-state index is 14.0. The molecule has 1 N–H and O–H groups in total. The second-order valence-electron chi connectivity index (χ2n) is 8.63. The molecule has 3 heterocycles. The lowest BCUT2D eigenvalue weighted by Crippen LogP contribution is -2.48. The van der Waals surface area contributed by atoms with E-state index in [-0.39, 0.29) is 5.82 Å². The van der Waals surface area contributed by atoms with E-state index in [0.717, 1.165) is 50.7 Å². The fourth-order valence-corrected chi connectivity index (χ4v) is 5.10. The van der Waals surface area contributed by atoms with Crippen LogP contribution in [0.15, 0.2) is 24.3 Å². The van der Waals surface area contributed by atoms with Crippen LogP contribution in [0.1, 0.15) is 32.1 Å². The summed E-state index contributed by atoms with van der Waals surface area (Å²) in [6.45, 7) is 5.10. The maximum absolute atomic E-state index is 14.0. The number of ether oxygens (including phenoxy) is 1. The zero-order chi connectivity index (χ0) is 17.5. The van der Waals surface area contributed by atoms with E-state index in [2.05, 4.69) is 15.1 Å². The van der Waals surface area contributed by atoms with Crippen molar-refractivity contribution in [1.82, 2.24) is 10.2 Å². The number of hydrogen-bond acceptors (Lipinski definition) is 4. The van der Waals surface area contributed by atoms with Gasteiger partial charge in [0.15, 0.2) is 0 Å². The molecule has 1 aromatic carbocycles. The molecule has 1 aliphatic carbocycles. The molecule has 1 aromatic rings. The third kappa shape index (κ3) is 3.49. The SMILES string of the molecule is Fc1ccccc1N1CCC(N[C@H]2C[C@H]3CO[C@@H](C4CC4)CN3C2)CC1. The van der Waals surface area contributed by atoms with Gasteiger partial charge in [0.05, 0.1) is 18.4 Å². The number of nitrogens with zero attached hydrogens (tertiary/aromatic N) is 2. The number of fused-ring (bicyclic) bond motifs is 1. The molecule has 26 heavy (non-hydrogen) atoms. The summed E-state index contributed by atoms with van der Waals surface area (Å²) in [6, 6.07) is 8.91. The van der Waals surface area contributed by atoms with Gasteiger partial charge in [0.2, 0.25) is 0 Å². The lowest BCUT2D eigenvalue weighted by atomic mass is 10.0. The van der Waals surface area contributed by atoms with Gasteiger partial charge >= 0.3 is 0 Å². The first-order valence-corrected chi connectivity index (χ1v) is 10.4. The number of hydrogen-bond donors (Lipinski definition) is 1. The average Bonchev–Trinajstić information content (AvgIpc) is 3.43. The fourth-order valence-electron chi connectivity index (χ4n) is 5.10. The first kappa shape index (κ1) is 17.0. The van der Waals surface area contributed by atoms with Gasteiger partial charge in [0.1, 0.15) is 5.82 Å². The Morgan fingerprint density at radius 1 is 1.00 bits per heavy atom. The van der Waals surface area contributed by atoms with Crippen molar-refractivity contribution in [2.45, 2.75) is 56.3 Å². The minimum absolute atomic E-state index is 0.100. The molecule has 3 saturated heterocycles. The maximum Gasteiger partial charge on any atom is 0.146 e. The molecule has 0 amide bonds. The Bertz CT molecular complexity index is 629. The van der Waals surface area contributed by atoms with Crippen LogP contribution in [0.2, 0.25) is 0 Å². The van der Waals surface area contributed by atoms with Crippen LogP contribution >= 0.6 is 0 Å². The highest BCUT2D eigenvalue weighted by Crippen LogP contribution is 2.38. The van der Waals surface area contributed by atoms with E-state index in [1.807, 2.05) is 12.1 Å². The molecule has 0 aromatic heterocycles. The van der Waals surface area contributed by atoms with E-state index in [0.29, 0.717) is 24.2 Å². The van der Waals surface area contributed by atoms with Crippen LogP contribution in [0.4, 0.5) is 10.1 Å². The molecule has 5 rings (SSSR count). The molecular weight excluding hydrogens is 329 g/mol. The van der Waals surface area contributed by atoms with Crippen LogP contribution in [0, 0.1) is 11.7 Å². The van der Waals surface area contributed by atoms with Gasteiger partial charge in [-0.25, -0.2) is 4.39 Å². The highest BCUT2D eigenvalue weighted by molar-refractivity contribution is 5.47. The Hall–Kier alpha value is -1.17. The van der Waals surface area contributed by atoms with Crippen molar-refractivity contribution in [2.24, 2.45) is 5.92 Å². The minimum Gasteiger partial charge on any atom is -0.375 e. The molecule has 0 radical (unpaired) electrons. The van der Waals surface area contributed by atoms with E-state index < -0.39 is 0 Å². The van der Waals surface area contributed by atoms with Gasteiger partial charge in [-0.1, -0.05) is 12.1 Å². The summed E-state index contributed by atoms with van der Waals surface area (Å²) in [5.41, 5.74) is 0.757. The Morgan fingerprint density at radius 2 is 1.81 bits per heavy atom. The van der Waals surface area contributed by atoms with Crippen molar-refractivity contribution in [3.8, 4) is 0 Å². The first-order valence-electron chi connectivity index (χ1n) is 10.4. The predicted molar refractivity (Wildman–Crippen MR) is 101 cm³/mol. The molecule has 3 atom stereocenters. The normalized spacial score (nSPS) is 33.4. The van der Waals surface area contributed by atoms with Crippen LogP contribution < -0.4 is 10.2 Å². The topological polar surface area (TPSA) is 27.7 Å². The number of halogens is 1. The smallest absolute Gasteiger partial charge is 0.146 e. The molecule has 0 spiro atoms. The highest BCUT2D eigenvalue weighted by atomic mass is 19.1. The third-order valence-corrected chi connectivity index (χ3v) is 6.75. The molecule has 0 bridgehead atoms. The van der Waals surface area contributed by atoms with E-state index in [9.17, 15) is 4.39 Å². The molecule has 4 aliphatic rings. The van der Waals surface area contributed by atoms with Crippen molar-refractivity contribution < 1.29 is 9.13 Å². The summed E-state index contributed by atoms with van der Waals surface area (Å²) < 4.78 is 20.1. The van der Waals surface area contributed by atoms with Gasteiger partial charge in [0, 0.05) is 44.3 Å². The molecule has 3 aliphatic heterocycles. The zero-order valence-electron chi connectivity index (χ0n) is 15.4. The number of rotatable bonds is 4. The summed E-state index contributed by atoms with van der Waals surface area (Å²) in [7, 11) is 0. The number of nitrogens with one attached hydrogen (secondary N) is 1. The highest BCUT2D eigenvalue weighted by Gasteiger charge is 2.42. The lowest BCUT2D eigenvalue weighted by Gasteiger charge is -2.35. The Labute approximate surface area is 155 Å². The van der Waals surface area contributed by atoms with Gasteiger partial charge < -0.3 is 15.0 Å². The molecular formula is C21H30FN3O. The Kier molecular flexibility index (Phi) is 4.63. The fraction of sp³-hybridized carbons (Fsp3) is 0.714. The van der Waals surface area contributed by atoms with Gasteiger partial charge in [-0.3, -0.25) is 4.90 Å². The average molecular weight is 359 g/mol. The Morgan fingerprint density at radius 3 is 2.58 bits per heavy atom. The summed E-state index contributed by atoms with van der Waals surface area (Å²) >= 11 is 0. The zero-order valence-corrected chi connectivity index (χ0v) is 15.4. The second kappa shape index (κ2) is 7.10. The van der Waals surface area contributed by atoms with Crippen molar-refractivity contribution in [3.63, 3.8) is 0 Å². The van der Waals surface area contributed by atoms with Gasteiger partial charge in [-0.05, 0) is 50.2 Å². The Balaban J connectivity index is 1.11. The number of anilines is 1. The quantitative estimate of drug-likeness (QED) is 0.894. The van der Waals surface area contributed by atoms with Crippen molar-refractivity contribution in [2.75, 3.05) is 37.7 Å².